The Balaban J connectivity index is 0.00000392. The maximum absolute atomic E-state index is 12.6. The molecular weight excluding hydrogens is 406 g/mol. The number of hydrogen-bond acceptors (Lipinski definition) is 6. The Bertz CT molecular complexity index is 739. The Hall–Kier alpha value is -1.55. The molecule has 0 bridgehead atoms. The SMILES string of the molecule is CCCN(C(=O)CCNS(=O)(=O)c1ccc(OC)c(OC)c1)C1CCNC1.Cl. The van der Waals surface area contributed by atoms with Gasteiger partial charge in [-0.05, 0) is 31.5 Å². The highest BCUT2D eigenvalue weighted by molar-refractivity contribution is 7.89. The van der Waals surface area contributed by atoms with E-state index < -0.39 is 10.0 Å². The van der Waals surface area contributed by atoms with Crippen LogP contribution in [0.4, 0.5) is 0 Å². The number of halogens is 1. The normalized spacial score (nSPS) is 16.3. The van der Waals surface area contributed by atoms with Crippen LogP contribution >= 0.6 is 12.4 Å². The second-order valence-corrected chi connectivity index (χ2v) is 8.17. The van der Waals surface area contributed by atoms with Crippen molar-refractivity contribution < 1.29 is 22.7 Å². The summed E-state index contributed by atoms with van der Waals surface area (Å²) in [5, 5.41) is 3.26. The molecule has 0 radical (unpaired) electrons. The number of methoxy groups -OCH3 is 2. The summed E-state index contributed by atoms with van der Waals surface area (Å²) in [5.74, 6) is 0.756. The molecular formula is C18H30ClN3O5S. The fourth-order valence-corrected chi connectivity index (χ4v) is 4.21. The number of carbonyl (C=O) groups is 1. The van der Waals surface area contributed by atoms with Crippen molar-refractivity contribution in [2.45, 2.75) is 37.1 Å². The molecule has 28 heavy (non-hydrogen) atoms. The van der Waals surface area contributed by atoms with E-state index in [0.717, 1.165) is 25.9 Å². The van der Waals surface area contributed by atoms with E-state index in [-0.39, 0.29) is 42.2 Å². The van der Waals surface area contributed by atoms with E-state index >= 15 is 0 Å². The molecule has 1 amide bonds. The number of ether oxygens (including phenoxy) is 2. The lowest BCUT2D eigenvalue weighted by atomic mass is 10.2. The van der Waals surface area contributed by atoms with Gasteiger partial charge in [-0.1, -0.05) is 6.92 Å². The molecule has 0 aromatic heterocycles. The molecule has 0 aliphatic carbocycles. The van der Waals surface area contributed by atoms with Crippen molar-refractivity contribution in [3.8, 4) is 11.5 Å². The van der Waals surface area contributed by atoms with Gasteiger partial charge in [0, 0.05) is 38.2 Å². The molecule has 10 heteroatoms. The van der Waals surface area contributed by atoms with Crippen LogP contribution in [-0.2, 0) is 14.8 Å². The second-order valence-electron chi connectivity index (χ2n) is 6.40. The number of nitrogens with one attached hydrogen (secondary N) is 2. The number of amides is 1. The quantitative estimate of drug-likeness (QED) is 0.576. The van der Waals surface area contributed by atoms with Crippen molar-refractivity contribution in [3.63, 3.8) is 0 Å². The lowest BCUT2D eigenvalue weighted by molar-refractivity contribution is -0.133. The van der Waals surface area contributed by atoms with Crippen LogP contribution in [0.1, 0.15) is 26.2 Å². The molecule has 1 aromatic carbocycles. The van der Waals surface area contributed by atoms with E-state index in [1.807, 2.05) is 11.8 Å². The minimum atomic E-state index is -3.74. The van der Waals surface area contributed by atoms with Crippen molar-refractivity contribution in [2.75, 3.05) is 40.4 Å². The van der Waals surface area contributed by atoms with Crippen molar-refractivity contribution in [2.24, 2.45) is 0 Å². The summed E-state index contributed by atoms with van der Waals surface area (Å²) in [5.41, 5.74) is 0. The largest absolute Gasteiger partial charge is 0.493 e. The summed E-state index contributed by atoms with van der Waals surface area (Å²) in [6.07, 6.45) is 1.94. The first kappa shape index (κ1) is 24.5. The fourth-order valence-electron chi connectivity index (χ4n) is 3.16. The molecule has 2 N–H and O–H groups in total. The standard InChI is InChI=1S/C18H29N3O5S.ClH/c1-4-11-21(14-7-9-19-13-14)18(22)8-10-20-27(23,24)15-5-6-16(25-2)17(12-15)26-3;/h5-6,12,14,19-20H,4,7-11,13H2,1-3H3;1H. The first-order valence-electron chi connectivity index (χ1n) is 9.14. The summed E-state index contributed by atoms with van der Waals surface area (Å²) in [4.78, 5) is 14.5. The molecule has 2 rings (SSSR count). The highest BCUT2D eigenvalue weighted by Crippen LogP contribution is 2.29. The Morgan fingerprint density at radius 2 is 2.00 bits per heavy atom. The summed E-state index contributed by atoms with van der Waals surface area (Å²) in [7, 11) is -0.810. The van der Waals surface area contributed by atoms with E-state index in [4.69, 9.17) is 9.47 Å². The number of carbonyl (C=O) groups excluding carboxylic acids is 1. The summed E-state index contributed by atoms with van der Waals surface area (Å²) in [6.45, 7) is 4.47. The molecule has 1 aliphatic heterocycles. The Morgan fingerprint density at radius 1 is 1.29 bits per heavy atom. The monoisotopic (exact) mass is 435 g/mol. The maximum atomic E-state index is 12.6. The van der Waals surface area contributed by atoms with Crippen LogP contribution in [0.15, 0.2) is 23.1 Å². The number of benzene rings is 1. The molecule has 1 atom stereocenters. The molecule has 8 nitrogen and oxygen atoms in total. The van der Waals surface area contributed by atoms with E-state index in [2.05, 4.69) is 10.0 Å². The van der Waals surface area contributed by atoms with Crippen LogP contribution < -0.4 is 19.5 Å². The van der Waals surface area contributed by atoms with Crippen LogP contribution in [-0.4, -0.2) is 65.7 Å². The van der Waals surface area contributed by atoms with Gasteiger partial charge in [0.1, 0.15) is 0 Å². The number of sulfonamides is 1. The lowest BCUT2D eigenvalue weighted by Crippen LogP contribution is -2.43. The molecule has 1 aliphatic rings. The summed E-state index contributed by atoms with van der Waals surface area (Å²) >= 11 is 0. The van der Waals surface area contributed by atoms with Gasteiger partial charge in [-0.25, -0.2) is 13.1 Å². The first-order chi connectivity index (χ1) is 12.9. The second kappa shape index (κ2) is 11.5. The lowest BCUT2D eigenvalue weighted by Gasteiger charge is -2.28. The highest BCUT2D eigenvalue weighted by atomic mass is 35.5. The van der Waals surface area contributed by atoms with Gasteiger partial charge >= 0.3 is 0 Å². The van der Waals surface area contributed by atoms with Gasteiger partial charge in [0.25, 0.3) is 0 Å². The zero-order valence-electron chi connectivity index (χ0n) is 16.6. The molecule has 160 valence electrons. The Labute approximate surface area is 173 Å². The third-order valence-electron chi connectivity index (χ3n) is 4.56. The molecule has 1 saturated heterocycles. The smallest absolute Gasteiger partial charge is 0.240 e. The van der Waals surface area contributed by atoms with E-state index in [0.29, 0.717) is 18.0 Å². The fraction of sp³-hybridized carbons (Fsp3) is 0.611. The van der Waals surface area contributed by atoms with E-state index in [1.165, 1.54) is 32.4 Å². The Morgan fingerprint density at radius 3 is 2.57 bits per heavy atom. The van der Waals surface area contributed by atoms with Crippen molar-refractivity contribution >= 4 is 28.3 Å². The van der Waals surface area contributed by atoms with Gasteiger partial charge in [0.2, 0.25) is 15.9 Å². The minimum absolute atomic E-state index is 0. The Kier molecular flexibility index (Phi) is 10.0. The summed E-state index contributed by atoms with van der Waals surface area (Å²) < 4.78 is 37.7. The van der Waals surface area contributed by atoms with Gasteiger partial charge in [-0.15, -0.1) is 12.4 Å². The van der Waals surface area contributed by atoms with Gasteiger partial charge in [0.15, 0.2) is 11.5 Å². The average molecular weight is 436 g/mol. The molecule has 0 spiro atoms. The van der Waals surface area contributed by atoms with Crippen molar-refractivity contribution in [1.29, 1.82) is 0 Å². The van der Waals surface area contributed by atoms with Crippen LogP contribution in [0.25, 0.3) is 0 Å². The summed E-state index contributed by atoms with van der Waals surface area (Å²) in [6, 6.07) is 4.57. The number of nitrogens with zero attached hydrogens (tertiary/aromatic N) is 1. The van der Waals surface area contributed by atoms with Gasteiger partial charge in [-0.3, -0.25) is 4.79 Å². The van der Waals surface area contributed by atoms with Crippen LogP contribution in [0.3, 0.4) is 0 Å². The highest BCUT2D eigenvalue weighted by Gasteiger charge is 2.26. The average Bonchev–Trinajstić information content (AvgIpc) is 3.19. The van der Waals surface area contributed by atoms with Crippen molar-refractivity contribution in [3.05, 3.63) is 18.2 Å². The number of rotatable bonds is 10. The third kappa shape index (κ3) is 6.23. The van der Waals surface area contributed by atoms with E-state index in [1.54, 1.807) is 0 Å². The van der Waals surface area contributed by atoms with E-state index in [9.17, 15) is 13.2 Å². The maximum Gasteiger partial charge on any atom is 0.240 e. The van der Waals surface area contributed by atoms with Crippen LogP contribution in [0.2, 0.25) is 0 Å². The van der Waals surface area contributed by atoms with Crippen LogP contribution in [0.5, 0.6) is 11.5 Å². The molecule has 0 saturated carbocycles. The van der Waals surface area contributed by atoms with Crippen LogP contribution in [0, 0.1) is 0 Å². The molecule has 1 aromatic rings. The van der Waals surface area contributed by atoms with Gasteiger partial charge in [-0.2, -0.15) is 0 Å². The topological polar surface area (TPSA) is 97.0 Å². The molecule has 1 unspecified atom stereocenters. The van der Waals surface area contributed by atoms with Crippen molar-refractivity contribution in [1.82, 2.24) is 14.9 Å². The first-order valence-corrected chi connectivity index (χ1v) is 10.6. The predicted molar refractivity (Wildman–Crippen MR) is 110 cm³/mol. The number of hydrogen-bond donors (Lipinski definition) is 2. The zero-order chi connectivity index (χ0) is 19.9. The molecule has 1 heterocycles. The zero-order valence-corrected chi connectivity index (χ0v) is 18.2. The van der Waals surface area contributed by atoms with Gasteiger partial charge < -0.3 is 19.7 Å². The molecule has 1 fully saturated rings. The third-order valence-corrected chi connectivity index (χ3v) is 6.01. The minimum Gasteiger partial charge on any atom is -0.493 e. The van der Waals surface area contributed by atoms with Gasteiger partial charge in [0.05, 0.1) is 19.1 Å². The predicted octanol–water partition coefficient (Wildman–Crippen LogP) is 1.39.